The highest BCUT2D eigenvalue weighted by Gasteiger charge is 2.34. The molecule has 2 aromatic rings. The topological polar surface area (TPSA) is 63.7 Å². The van der Waals surface area contributed by atoms with Gasteiger partial charge in [-0.15, -0.1) is 0 Å². The molecule has 26 heavy (non-hydrogen) atoms. The first-order valence-corrected chi connectivity index (χ1v) is 8.79. The number of likely N-dealkylation sites (tertiary alicyclic amines) is 1. The molecule has 0 N–H and O–H groups in total. The van der Waals surface area contributed by atoms with E-state index < -0.39 is 6.04 Å². The third-order valence-corrected chi connectivity index (χ3v) is 5.21. The highest BCUT2D eigenvalue weighted by Crippen LogP contribution is 2.37. The normalized spacial score (nSPS) is 18.3. The molecular weight excluding hydrogens is 330 g/mol. The van der Waals surface area contributed by atoms with E-state index in [4.69, 9.17) is 4.74 Å². The minimum Gasteiger partial charge on any atom is -0.467 e. The third-order valence-electron chi connectivity index (χ3n) is 5.21. The number of methoxy groups -OCH3 is 1. The summed E-state index contributed by atoms with van der Waals surface area (Å²) in [5.41, 5.74) is 3.39. The second kappa shape index (κ2) is 6.41. The van der Waals surface area contributed by atoms with Crippen LogP contribution in [0.2, 0.25) is 0 Å². The molecule has 1 amide bonds. The van der Waals surface area contributed by atoms with Crippen LogP contribution in [0, 0.1) is 0 Å². The summed E-state index contributed by atoms with van der Waals surface area (Å²) >= 11 is 0. The number of esters is 1. The molecule has 1 atom stereocenters. The number of ketones is 1. The minimum atomic E-state index is -0.553. The van der Waals surface area contributed by atoms with Gasteiger partial charge in [-0.3, -0.25) is 9.59 Å². The number of nitrogens with zero attached hydrogens (tertiary/aromatic N) is 1. The summed E-state index contributed by atoms with van der Waals surface area (Å²) in [6, 6.07) is 12.1. The van der Waals surface area contributed by atoms with Gasteiger partial charge in [0.2, 0.25) is 0 Å². The van der Waals surface area contributed by atoms with Crippen LogP contribution in [0.25, 0.3) is 11.1 Å². The van der Waals surface area contributed by atoms with Crippen molar-refractivity contribution in [2.24, 2.45) is 0 Å². The molecule has 132 valence electrons. The predicted molar refractivity (Wildman–Crippen MR) is 96.0 cm³/mol. The van der Waals surface area contributed by atoms with Gasteiger partial charge in [-0.2, -0.15) is 0 Å². The summed E-state index contributed by atoms with van der Waals surface area (Å²) in [6.45, 7) is 0.518. The van der Waals surface area contributed by atoms with Crippen molar-refractivity contribution >= 4 is 17.7 Å². The molecule has 0 bridgehead atoms. The third kappa shape index (κ3) is 2.51. The first-order chi connectivity index (χ1) is 12.6. The Balaban J connectivity index is 1.68. The molecule has 1 fully saturated rings. The van der Waals surface area contributed by atoms with E-state index in [0.717, 1.165) is 24.0 Å². The maximum absolute atomic E-state index is 13.0. The molecule has 0 aromatic heterocycles. The molecule has 2 aliphatic rings. The molecule has 1 aliphatic heterocycles. The minimum absolute atomic E-state index is 0.0617. The van der Waals surface area contributed by atoms with Crippen LogP contribution in [0.3, 0.4) is 0 Å². The number of rotatable bonds is 2. The van der Waals surface area contributed by atoms with Crippen LogP contribution in [-0.2, 0) is 9.53 Å². The Kier molecular flexibility index (Phi) is 4.07. The van der Waals surface area contributed by atoms with E-state index in [-0.39, 0.29) is 17.7 Å². The Hall–Kier alpha value is -2.95. The molecule has 2 aromatic carbocycles. The van der Waals surface area contributed by atoms with Gasteiger partial charge in [-0.1, -0.05) is 30.3 Å². The van der Waals surface area contributed by atoms with Gasteiger partial charge in [0.1, 0.15) is 6.04 Å². The number of carbonyl (C=O) groups excluding carboxylic acids is 3. The molecule has 1 unspecified atom stereocenters. The number of hydrogen-bond acceptors (Lipinski definition) is 4. The van der Waals surface area contributed by atoms with Crippen molar-refractivity contribution in [2.75, 3.05) is 13.7 Å². The van der Waals surface area contributed by atoms with Crippen LogP contribution >= 0.6 is 0 Å². The van der Waals surface area contributed by atoms with Crippen LogP contribution < -0.4 is 0 Å². The van der Waals surface area contributed by atoms with Crippen molar-refractivity contribution in [3.8, 4) is 11.1 Å². The molecule has 1 aliphatic carbocycles. The zero-order chi connectivity index (χ0) is 18.3. The summed E-state index contributed by atoms with van der Waals surface area (Å²) in [6.07, 6.45) is 2.35. The van der Waals surface area contributed by atoms with Crippen LogP contribution in [0.4, 0.5) is 0 Å². The second-order valence-electron chi connectivity index (χ2n) is 6.67. The molecule has 0 saturated carbocycles. The van der Waals surface area contributed by atoms with E-state index in [2.05, 4.69) is 0 Å². The maximum Gasteiger partial charge on any atom is 0.328 e. The average molecular weight is 349 g/mol. The van der Waals surface area contributed by atoms with Crippen molar-refractivity contribution < 1.29 is 19.1 Å². The monoisotopic (exact) mass is 349 g/mol. The first-order valence-electron chi connectivity index (χ1n) is 8.79. The number of ether oxygens (including phenoxy) is 1. The molecule has 1 heterocycles. The van der Waals surface area contributed by atoms with Crippen molar-refractivity contribution in [2.45, 2.75) is 25.3 Å². The van der Waals surface area contributed by atoms with Crippen molar-refractivity contribution in [1.82, 2.24) is 4.90 Å². The number of benzene rings is 2. The molecule has 1 saturated heterocycles. The fourth-order valence-electron chi connectivity index (χ4n) is 3.88. The number of piperidine rings is 1. The lowest BCUT2D eigenvalue weighted by Crippen LogP contribution is -2.48. The molecular formula is C21H19NO4. The van der Waals surface area contributed by atoms with E-state index >= 15 is 0 Å². The van der Waals surface area contributed by atoms with Gasteiger partial charge < -0.3 is 9.64 Å². The van der Waals surface area contributed by atoms with E-state index in [0.29, 0.717) is 29.7 Å². The van der Waals surface area contributed by atoms with Gasteiger partial charge in [0.15, 0.2) is 5.78 Å². The van der Waals surface area contributed by atoms with Crippen molar-refractivity contribution in [1.29, 1.82) is 0 Å². The molecule has 0 radical (unpaired) electrons. The van der Waals surface area contributed by atoms with Crippen LogP contribution in [-0.4, -0.2) is 42.3 Å². The molecule has 5 heteroatoms. The van der Waals surface area contributed by atoms with Gasteiger partial charge in [0, 0.05) is 23.2 Å². The molecule has 4 rings (SSSR count). The zero-order valence-electron chi connectivity index (χ0n) is 14.5. The van der Waals surface area contributed by atoms with Crippen LogP contribution in [0.1, 0.15) is 45.5 Å². The Morgan fingerprint density at radius 3 is 2.50 bits per heavy atom. The number of fused-ring (bicyclic) bond motifs is 3. The van der Waals surface area contributed by atoms with Gasteiger partial charge >= 0.3 is 5.97 Å². The van der Waals surface area contributed by atoms with Gasteiger partial charge in [-0.25, -0.2) is 4.79 Å². The van der Waals surface area contributed by atoms with E-state index in [1.165, 1.54) is 7.11 Å². The SMILES string of the molecule is COC(=O)C1CCCCN1C(=O)c1ccc2c(c1)C(=O)c1ccccc1-2. The van der Waals surface area contributed by atoms with Crippen LogP contribution in [0.15, 0.2) is 42.5 Å². The lowest BCUT2D eigenvalue weighted by Gasteiger charge is -2.33. The summed E-state index contributed by atoms with van der Waals surface area (Å²) < 4.78 is 4.85. The lowest BCUT2D eigenvalue weighted by atomic mass is 9.99. The van der Waals surface area contributed by atoms with E-state index in [9.17, 15) is 14.4 Å². The van der Waals surface area contributed by atoms with E-state index in [1.807, 2.05) is 24.3 Å². The molecule has 5 nitrogen and oxygen atoms in total. The zero-order valence-corrected chi connectivity index (χ0v) is 14.5. The quantitative estimate of drug-likeness (QED) is 0.667. The lowest BCUT2D eigenvalue weighted by molar-refractivity contribution is -0.147. The fraction of sp³-hybridized carbons (Fsp3) is 0.286. The summed E-state index contributed by atoms with van der Waals surface area (Å²) in [5, 5.41) is 0. The average Bonchev–Trinajstić information content (AvgIpc) is 2.99. The van der Waals surface area contributed by atoms with Gasteiger partial charge in [0.25, 0.3) is 5.91 Å². The van der Waals surface area contributed by atoms with Crippen LogP contribution in [0.5, 0.6) is 0 Å². The smallest absolute Gasteiger partial charge is 0.328 e. The number of carbonyl (C=O) groups is 3. The number of hydrogen-bond donors (Lipinski definition) is 0. The summed E-state index contributed by atoms with van der Waals surface area (Å²) in [7, 11) is 1.34. The van der Waals surface area contributed by atoms with Crippen molar-refractivity contribution in [3.63, 3.8) is 0 Å². The van der Waals surface area contributed by atoms with Gasteiger partial charge in [-0.05, 0) is 42.5 Å². The fourth-order valence-corrected chi connectivity index (χ4v) is 3.88. The first kappa shape index (κ1) is 16.5. The predicted octanol–water partition coefficient (Wildman–Crippen LogP) is 3.07. The summed E-state index contributed by atoms with van der Waals surface area (Å²) in [4.78, 5) is 39.3. The second-order valence-corrected chi connectivity index (χ2v) is 6.67. The highest BCUT2D eigenvalue weighted by molar-refractivity contribution is 6.22. The Bertz CT molecular complexity index is 918. The van der Waals surface area contributed by atoms with Gasteiger partial charge in [0.05, 0.1) is 7.11 Å². The Morgan fingerprint density at radius 2 is 1.73 bits per heavy atom. The molecule has 0 spiro atoms. The number of amides is 1. The Morgan fingerprint density at radius 1 is 1.00 bits per heavy atom. The highest BCUT2D eigenvalue weighted by atomic mass is 16.5. The van der Waals surface area contributed by atoms with E-state index in [1.54, 1.807) is 23.1 Å². The standard InChI is InChI=1S/C21H19NO4/c1-26-21(25)18-8-4-5-11-22(18)20(24)13-9-10-15-14-6-2-3-7-16(14)19(23)17(15)12-13/h2-3,6-7,9-10,12,18H,4-5,8,11H2,1H3. The Labute approximate surface area is 151 Å². The summed E-state index contributed by atoms with van der Waals surface area (Å²) in [5.74, 6) is -0.678. The largest absolute Gasteiger partial charge is 0.467 e. The van der Waals surface area contributed by atoms with Crippen molar-refractivity contribution in [3.05, 3.63) is 59.2 Å². The maximum atomic E-state index is 13.0.